The number of fused-ring (bicyclic) bond motifs is 1. The van der Waals surface area contributed by atoms with E-state index in [4.69, 9.17) is 35.8 Å². The molecule has 0 atom stereocenters. The van der Waals surface area contributed by atoms with Crippen molar-refractivity contribution in [3.8, 4) is 11.6 Å². The van der Waals surface area contributed by atoms with Gasteiger partial charge < -0.3 is 14.2 Å². The van der Waals surface area contributed by atoms with Crippen LogP contribution in [0.1, 0.15) is 28.0 Å². The molecular weight excluding hydrogens is 426 g/mol. The van der Waals surface area contributed by atoms with Gasteiger partial charge in [0.05, 0.1) is 31.8 Å². The van der Waals surface area contributed by atoms with Crippen molar-refractivity contribution in [1.82, 2.24) is 14.9 Å². The maximum Gasteiger partial charge on any atom is 0.348 e. The van der Waals surface area contributed by atoms with Crippen molar-refractivity contribution < 1.29 is 19.0 Å². The normalized spacial score (nSPS) is 14.8. The maximum atomic E-state index is 12.4. The van der Waals surface area contributed by atoms with Gasteiger partial charge in [0.15, 0.2) is 0 Å². The van der Waals surface area contributed by atoms with E-state index in [1.54, 1.807) is 31.2 Å². The summed E-state index contributed by atoms with van der Waals surface area (Å²) in [6.07, 6.45) is 0. The number of nitrogens with zero attached hydrogens (tertiary/aromatic N) is 3. The van der Waals surface area contributed by atoms with Gasteiger partial charge in [0.25, 0.3) is 0 Å². The molecule has 1 aliphatic heterocycles. The second kappa shape index (κ2) is 9.26. The van der Waals surface area contributed by atoms with E-state index in [9.17, 15) is 4.79 Å². The lowest BCUT2D eigenvalue weighted by molar-refractivity contribution is 0.0330. The fourth-order valence-electron chi connectivity index (χ4n) is 3.25. The van der Waals surface area contributed by atoms with E-state index in [0.29, 0.717) is 58.5 Å². The van der Waals surface area contributed by atoms with Crippen molar-refractivity contribution in [2.45, 2.75) is 20.4 Å². The van der Waals surface area contributed by atoms with Gasteiger partial charge in [0.1, 0.15) is 21.3 Å². The van der Waals surface area contributed by atoms with Gasteiger partial charge in [-0.25, -0.2) is 9.78 Å². The molecule has 1 saturated heterocycles. The first-order valence-electron chi connectivity index (χ1n) is 9.75. The quantitative estimate of drug-likeness (QED) is 0.516. The van der Waals surface area contributed by atoms with Gasteiger partial charge in [-0.1, -0.05) is 11.6 Å². The molecule has 0 aliphatic carbocycles. The molecule has 7 nitrogen and oxygen atoms in total. The van der Waals surface area contributed by atoms with Crippen LogP contribution in [0.3, 0.4) is 0 Å². The predicted octanol–water partition coefficient (Wildman–Crippen LogP) is 4.45. The zero-order valence-corrected chi connectivity index (χ0v) is 18.4. The SMILES string of the molecule is CCOC(=O)c1sc2nc(CN3CCOCC3)nc(Oc3ccc(Cl)cc3)c2c1C. The predicted molar refractivity (Wildman–Crippen MR) is 116 cm³/mol. The summed E-state index contributed by atoms with van der Waals surface area (Å²) < 4.78 is 16.7. The molecule has 2 aromatic heterocycles. The van der Waals surface area contributed by atoms with Crippen molar-refractivity contribution in [3.05, 3.63) is 45.6 Å². The highest BCUT2D eigenvalue weighted by Crippen LogP contribution is 2.37. The number of hydrogen-bond donors (Lipinski definition) is 0. The number of halogens is 1. The molecule has 3 aromatic rings. The van der Waals surface area contributed by atoms with Crippen LogP contribution in [0.2, 0.25) is 5.02 Å². The molecule has 0 saturated carbocycles. The average molecular weight is 448 g/mol. The Kier molecular flexibility index (Phi) is 6.48. The molecule has 1 aliphatic rings. The van der Waals surface area contributed by atoms with Gasteiger partial charge >= 0.3 is 5.97 Å². The molecule has 158 valence electrons. The van der Waals surface area contributed by atoms with E-state index in [1.165, 1.54) is 11.3 Å². The minimum absolute atomic E-state index is 0.314. The van der Waals surface area contributed by atoms with E-state index in [2.05, 4.69) is 4.90 Å². The van der Waals surface area contributed by atoms with Gasteiger partial charge in [0, 0.05) is 18.1 Å². The third-order valence-corrected chi connectivity index (χ3v) is 6.18. The number of ether oxygens (including phenoxy) is 3. The summed E-state index contributed by atoms with van der Waals surface area (Å²) >= 11 is 7.30. The Morgan fingerprint density at radius 2 is 1.97 bits per heavy atom. The molecule has 1 aromatic carbocycles. The van der Waals surface area contributed by atoms with Crippen LogP contribution < -0.4 is 4.74 Å². The maximum absolute atomic E-state index is 12.4. The highest BCUT2D eigenvalue weighted by Gasteiger charge is 2.23. The molecule has 3 heterocycles. The number of carbonyl (C=O) groups is 1. The van der Waals surface area contributed by atoms with Crippen molar-refractivity contribution in [3.63, 3.8) is 0 Å². The Labute approximate surface area is 183 Å². The van der Waals surface area contributed by atoms with E-state index in [1.807, 2.05) is 6.92 Å². The van der Waals surface area contributed by atoms with E-state index in [-0.39, 0.29) is 5.97 Å². The smallest absolute Gasteiger partial charge is 0.348 e. The molecule has 0 bridgehead atoms. The van der Waals surface area contributed by atoms with Crippen molar-refractivity contribution >= 4 is 39.1 Å². The number of aromatic nitrogens is 2. The first kappa shape index (κ1) is 21.0. The molecule has 1 fully saturated rings. The summed E-state index contributed by atoms with van der Waals surface area (Å²) in [4.78, 5) is 25.3. The fourth-order valence-corrected chi connectivity index (χ4v) is 4.46. The van der Waals surface area contributed by atoms with Crippen molar-refractivity contribution in [1.29, 1.82) is 0 Å². The summed E-state index contributed by atoms with van der Waals surface area (Å²) in [6.45, 7) is 7.60. The standard InChI is InChI=1S/C21H22ClN3O4S/c1-3-28-21(26)18-13(2)17-19(29-15-6-4-14(22)5-7-15)23-16(24-20(17)30-18)12-25-8-10-27-11-9-25/h4-7H,3,8-12H2,1-2H3. The molecular formula is C21H22ClN3O4S. The zero-order chi connectivity index (χ0) is 21.1. The molecule has 0 spiro atoms. The monoisotopic (exact) mass is 447 g/mol. The van der Waals surface area contributed by atoms with Gasteiger partial charge in [-0.05, 0) is 43.7 Å². The van der Waals surface area contributed by atoms with Crippen LogP contribution in [0.25, 0.3) is 10.2 Å². The number of carbonyl (C=O) groups excluding carboxylic acids is 1. The number of esters is 1. The lowest BCUT2D eigenvalue weighted by Gasteiger charge is -2.25. The minimum Gasteiger partial charge on any atom is -0.462 e. The first-order chi connectivity index (χ1) is 14.5. The van der Waals surface area contributed by atoms with Crippen LogP contribution in [0.5, 0.6) is 11.6 Å². The number of aryl methyl sites for hydroxylation is 1. The van der Waals surface area contributed by atoms with Gasteiger partial charge in [-0.3, -0.25) is 4.90 Å². The summed E-state index contributed by atoms with van der Waals surface area (Å²) in [5.74, 6) is 1.32. The van der Waals surface area contributed by atoms with Crippen molar-refractivity contribution in [2.75, 3.05) is 32.9 Å². The van der Waals surface area contributed by atoms with Crippen LogP contribution in [0.15, 0.2) is 24.3 Å². The summed E-state index contributed by atoms with van der Waals surface area (Å²) in [5.41, 5.74) is 0.760. The number of morpholine rings is 1. The fraction of sp³-hybridized carbons (Fsp3) is 0.381. The highest BCUT2D eigenvalue weighted by molar-refractivity contribution is 7.20. The summed E-state index contributed by atoms with van der Waals surface area (Å²) in [5, 5.41) is 1.35. The number of thiophene rings is 1. The van der Waals surface area contributed by atoms with Gasteiger partial charge in [0.2, 0.25) is 5.88 Å². The number of hydrogen-bond acceptors (Lipinski definition) is 8. The topological polar surface area (TPSA) is 73.8 Å². The lowest BCUT2D eigenvalue weighted by Crippen LogP contribution is -2.36. The second-order valence-electron chi connectivity index (χ2n) is 6.85. The Hall–Kier alpha value is -2.26. The van der Waals surface area contributed by atoms with E-state index >= 15 is 0 Å². The third kappa shape index (κ3) is 4.57. The third-order valence-electron chi connectivity index (χ3n) is 4.76. The molecule has 30 heavy (non-hydrogen) atoms. The first-order valence-corrected chi connectivity index (χ1v) is 10.9. The molecule has 0 unspecified atom stereocenters. The largest absolute Gasteiger partial charge is 0.462 e. The Morgan fingerprint density at radius 1 is 1.23 bits per heavy atom. The van der Waals surface area contributed by atoms with Gasteiger partial charge in [-0.15, -0.1) is 11.3 Å². The molecule has 0 amide bonds. The second-order valence-corrected chi connectivity index (χ2v) is 8.28. The lowest BCUT2D eigenvalue weighted by atomic mass is 10.2. The zero-order valence-electron chi connectivity index (χ0n) is 16.8. The highest BCUT2D eigenvalue weighted by atomic mass is 35.5. The minimum atomic E-state index is -0.356. The average Bonchev–Trinajstić information content (AvgIpc) is 3.07. The van der Waals surface area contributed by atoms with Crippen LogP contribution in [0.4, 0.5) is 0 Å². The molecule has 4 rings (SSSR count). The van der Waals surface area contributed by atoms with Crippen LogP contribution in [-0.4, -0.2) is 53.7 Å². The van der Waals surface area contributed by atoms with Gasteiger partial charge in [-0.2, -0.15) is 4.98 Å². The molecule has 0 N–H and O–H groups in total. The Bertz CT molecular complexity index is 1050. The van der Waals surface area contributed by atoms with Crippen LogP contribution in [0, 0.1) is 6.92 Å². The number of benzene rings is 1. The summed E-state index contributed by atoms with van der Waals surface area (Å²) in [6, 6.07) is 7.08. The molecule has 0 radical (unpaired) electrons. The Balaban J connectivity index is 1.75. The summed E-state index contributed by atoms with van der Waals surface area (Å²) in [7, 11) is 0. The Morgan fingerprint density at radius 3 is 2.67 bits per heavy atom. The van der Waals surface area contributed by atoms with E-state index < -0.39 is 0 Å². The van der Waals surface area contributed by atoms with Crippen molar-refractivity contribution in [2.24, 2.45) is 0 Å². The number of rotatable bonds is 6. The van der Waals surface area contributed by atoms with Crippen LogP contribution >= 0.6 is 22.9 Å². The van der Waals surface area contributed by atoms with Crippen LogP contribution in [-0.2, 0) is 16.0 Å². The molecule has 9 heteroatoms. The van der Waals surface area contributed by atoms with E-state index in [0.717, 1.165) is 24.0 Å².